The molecule has 0 aliphatic heterocycles. The van der Waals surface area contributed by atoms with Crippen LogP contribution in [0.1, 0.15) is 66.2 Å². The zero-order valence-electron chi connectivity index (χ0n) is 14.1. The summed E-state index contributed by atoms with van der Waals surface area (Å²) in [6, 6.07) is 0.429. The van der Waals surface area contributed by atoms with Gasteiger partial charge in [-0.25, -0.2) is 0 Å². The van der Waals surface area contributed by atoms with Crippen LogP contribution in [0.4, 0.5) is 0 Å². The van der Waals surface area contributed by atoms with Crippen molar-refractivity contribution in [1.82, 2.24) is 10.2 Å². The second-order valence-corrected chi connectivity index (χ2v) is 7.17. The first-order valence-electron chi connectivity index (χ1n) is 8.60. The average molecular weight is 284 g/mol. The zero-order valence-corrected chi connectivity index (χ0v) is 14.1. The van der Waals surface area contributed by atoms with Gasteiger partial charge in [0.2, 0.25) is 0 Å². The predicted octanol–water partition coefficient (Wildman–Crippen LogP) is 3.03. The molecule has 20 heavy (non-hydrogen) atoms. The Morgan fingerprint density at radius 2 is 2.00 bits per heavy atom. The van der Waals surface area contributed by atoms with Gasteiger partial charge in [-0.15, -0.1) is 0 Å². The minimum atomic E-state index is -0.112. The molecule has 0 aromatic heterocycles. The molecule has 3 nitrogen and oxygen atoms in total. The fourth-order valence-corrected chi connectivity index (χ4v) is 3.16. The molecule has 0 amide bonds. The van der Waals surface area contributed by atoms with Crippen LogP contribution < -0.4 is 5.32 Å². The van der Waals surface area contributed by atoms with Crippen LogP contribution in [-0.4, -0.2) is 47.8 Å². The third-order valence-corrected chi connectivity index (χ3v) is 4.63. The SMILES string of the molecule is CCN(CCCCC(C)(CO)NC(C)C)CC1CCC1. The fraction of sp³-hybridized carbons (Fsp3) is 1.00. The highest BCUT2D eigenvalue weighted by Gasteiger charge is 2.23. The van der Waals surface area contributed by atoms with E-state index in [0.29, 0.717) is 6.04 Å². The minimum Gasteiger partial charge on any atom is -0.394 e. The van der Waals surface area contributed by atoms with E-state index in [1.807, 2.05) is 0 Å². The summed E-state index contributed by atoms with van der Waals surface area (Å²) in [5.74, 6) is 0.972. The topological polar surface area (TPSA) is 35.5 Å². The number of hydrogen-bond acceptors (Lipinski definition) is 3. The summed E-state index contributed by atoms with van der Waals surface area (Å²) in [7, 11) is 0. The molecule has 1 unspecified atom stereocenters. The van der Waals surface area contributed by atoms with Crippen LogP contribution in [0, 0.1) is 5.92 Å². The van der Waals surface area contributed by atoms with Crippen molar-refractivity contribution in [2.75, 3.05) is 26.2 Å². The van der Waals surface area contributed by atoms with Crippen LogP contribution in [0.5, 0.6) is 0 Å². The highest BCUT2D eigenvalue weighted by atomic mass is 16.3. The van der Waals surface area contributed by atoms with E-state index in [4.69, 9.17) is 0 Å². The highest BCUT2D eigenvalue weighted by molar-refractivity contribution is 4.84. The number of nitrogens with one attached hydrogen (secondary N) is 1. The van der Waals surface area contributed by atoms with Gasteiger partial charge in [0, 0.05) is 18.1 Å². The van der Waals surface area contributed by atoms with Crippen molar-refractivity contribution in [2.24, 2.45) is 5.92 Å². The number of unbranched alkanes of at least 4 members (excludes halogenated alkanes) is 1. The van der Waals surface area contributed by atoms with E-state index in [1.165, 1.54) is 51.7 Å². The van der Waals surface area contributed by atoms with Crippen LogP contribution in [-0.2, 0) is 0 Å². The monoisotopic (exact) mass is 284 g/mol. The van der Waals surface area contributed by atoms with E-state index in [-0.39, 0.29) is 12.1 Å². The van der Waals surface area contributed by atoms with Gasteiger partial charge in [0.25, 0.3) is 0 Å². The molecule has 3 heteroatoms. The predicted molar refractivity (Wildman–Crippen MR) is 87.1 cm³/mol. The Bertz CT molecular complexity index is 253. The molecular weight excluding hydrogens is 248 g/mol. The third kappa shape index (κ3) is 6.55. The average Bonchev–Trinajstić information content (AvgIpc) is 2.35. The second kappa shape index (κ2) is 9.01. The normalized spacial score (nSPS) is 19.4. The molecule has 0 spiro atoms. The van der Waals surface area contributed by atoms with Gasteiger partial charge in [0.15, 0.2) is 0 Å². The van der Waals surface area contributed by atoms with Crippen molar-refractivity contribution in [3.63, 3.8) is 0 Å². The lowest BCUT2D eigenvalue weighted by Crippen LogP contribution is -2.49. The van der Waals surface area contributed by atoms with Crippen LogP contribution in [0.15, 0.2) is 0 Å². The van der Waals surface area contributed by atoms with Crippen molar-refractivity contribution in [3.8, 4) is 0 Å². The molecule has 1 rings (SSSR count). The molecule has 0 bridgehead atoms. The number of nitrogens with zero attached hydrogens (tertiary/aromatic N) is 1. The number of hydrogen-bond donors (Lipinski definition) is 2. The molecule has 0 heterocycles. The standard InChI is InChI=1S/C17H36N2O/c1-5-19(13-16-9-8-10-16)12-7-6-11-17(4,14-20)18-15(2)3/h15-16,18,20H,5-14H2,1-4H3. The van der Waals surface area contributed by atoms with Gasteiger partial charge in [-0.3, -0.25) is 0 Å². The summed E-state index contributed by atoms with van der Waals surface area (Å²) < 4.78 is 0. The maximum Gasteiger partial charge on any atom is 0.0610 e. The summed E-state index contributed by atoms with van der Waals surface area (Å²) in [6.07, 6.45) is 7.82. The Labute approximate surface area is 126 Å². The molecule has 0 aromatic rings. The summed E-state index contributed by atoms with van der Waals surface area (Å²) in [4.78, 5) is 2.61. The Balaban J connectivity index is 2.17. The minimum absolute atomic E-state index is 0.112. The Morgan fingerprint density at radius 3 is 2.45 bits per heavy atom. The summed E-state index contributed by atoms with van der Waals surface area (Å²) >= 11 is 0. The molecule has 120 valence electrons. The van der Waals surface area contributed by atoms with Gasteiger partial charge in [-0.05, 0) is 51.6 Å². The van der Waals surface area contributed by atoms with E-state index < -0.39 is 0 Å². The first kappa shape index (κ1) is 17.9. The molecule has 2 N–H and O–H groups in total. The van der Waals surface area contributed by atoms with Crippen LogP contribution in [0.25, 0.3) is 0 Å². The summed E-state index contributed by atoms with van der Waals surface area (Å²) in [6.45, 7) is 12.6. The number of rotatable bonds is 11. The molecule has 1 fully saturated rings. The van der Waals surface area contributed by atoms with Crippen molar-refractivity contribution in [3.05, 3.63) is 0 Å². The quantitative estimate of drug-likeness (QED) is 0.573. The van der Waals surface area contributed by atoms with Crippen molar-refractivity contribution < 1.29 is 5.11 Å². The Hall–Kier alpha value is -0.120. The first-order chi connectivity index (χ1) is 9.49. The Morgan fingerprint density at radius 1 is 1.30 bits per heavy atom. The van der Waals surface area contributed by atoms with E-state index in [9.17, 15) is 5.11 Å². The van der Waals surface area contributed by atoms with Crippen LogP contribution in [0.3, 0.4) is 0 Å². The third-order valence-electron chi connectivity index (χ3n) is 4.63. The van der Waals surface area contributed by atoms with E-state index in [2.05, 4.69) is 37.9 Å². The highest BCUT2D eigenvalue weighted by Crippen LogP contribution is 2.27. The molecule has 1 atom stereocenters. The van der Waals surface area contributed by atoms with Gasteiger partial charge in [0.1, 0.15) is 0 Å². The molecule has 0 saturated heterocycles. The Kier molecular flexibility index (Phi) is 8.08. The van der Waals surface area contributed by atoms with Gasteiger partial charge in [-0.1, -0.05) is 33.6 Å². The van der Waals surface area contributed by atoms with E-state index >= 15 is 0 Å². The molecule has 0 radical (unpaired) electrons. The fourth-order valence-electron chi connectivity index (χ4n) is 3.16. The van der Waals surface area contributed by atoms with Crippen molar-refractivity contribution in [1.29, 1.82) is 0 Å². The maximum atomic E-state index is 9.57. The molecule has 1 saturated carbocycles. The maximum absolute atomic E-state index is 9.57. The van der Waals surface area contributed by atoms with Gasteiger partial charge in [-0.2, -0.15) is 0 Å². The first-order valence-corrected chi connectivity index (χ1v) is 8.60. The van der Waals surface area contributed by atoms with E-state index in [0.717, 1.165) is 12.3 Å². The second-order valence-electron chi connectivity index (χ2n) is 7.17. The van der Waals surface area contributed by atoms with Crippen LogP contribution in [0.2, 0.25) is 0 Å². The zero-order chi connectivity index (χ0) is 15.0. The van der Waals surface area contributed by atoms with Gasteiger partial charge < -0.3 is 15.3 Å². The van der Waals surface area contributed by atoms with Crippen LogP contribution >= 0.6 is 0 Å². The van der Waals surface area contributed by atoms with Crippen molar-refractivity contribution >= 4 is 0 Å². The number of aliphatic hydroxyl groups is 1. The van der Waals surface area contributed by atoms with E-state index in [1.54, 1.807) is 0 Å². The summed E-state index contributed by atoms with van der Waals surface area (Å²) in [5, 5.41) is 13.1. The number of aliphatic hydroxyl groups excluding tert-OH is 1. The van der Waals surface area contributed by atoms with Gasteiger partial charge >= 0.3 is 0 Å². The van der Waals surface area contributed by atoms with Crippen molar-refractivity contribution in [2.45, 2.75) is 77.8 Å². The molecule has 1 aliphatic rings. The lowest BCUT2D eigenvalue weighted by molar-refractivity contribution is 0.148. The smallest absolute Gasteiger partial charge is 0.0610 e. The molecular formula is C17H36N2O. The van der Waals surface area contributed by atoms with Gasteiger partial charge in [0.05, 0.1) is 6.61 Å². The largest absolute Gasteiger partial charge is 0.394 e. The lowest BCUT2D eigenvalue weighted by atomic mass is 9.85. The molecule has 1 aliphatic carbocycles. The summed E-state index contributed by atoms with van der Waals surface area (Å²) in [5.41, 5.74) is -0.112. The lowest BCUT2D eigenvalue weighted by Gasteiger charge is -2.33. The molecule has 0 aromatic carbocycles.